The molecule has 27 heavy (non-hydrogen) atoms. The minimum Gasteiger partial charge on any atom is -0.496 e. The molecule has 0 aliphatic carbocycles. The second-order valence-corrected chi connectivity index (χ2v) is 6.69. The summed E-state index contributed by atoms with van der Waals surface area (Å²) in [5.41, 5.74) is 7.52. The van der Waals surface area contributed by atoms with Crippen LogP contribution >= 0.6 is 0 Å². The number of nitrogens with one attached hydrogen (secondary N) is 1. The first-order valence-electron chi connectivity index (χ1n) is 8.84. The maximum atomic E-state index is 12.5. The van der Waals surface area contributed by atoms with Crippen molar-refractivity contribution in [3.8, 4) is 17.2 Å². The number of methoxy groups -OCH3 is 1. The van der Waals surface area contributed by atoms with Gasteiger partial charge >= 0.3 is 0 Å². The minimum atomic E-state index is -0.328. The highest BCUT2D eigenvalue weighted by molar-refractivity contribution is 5.92. The maximum absolute atomic E-state index is 12.5. The van der Waals surface area contributed by atoms with Crippen molar-refractivity contribution in [2.24, 2.45) is 5.92 Å². The van der Waals surface area contributed by atoms with Crippen molar-refractivity contribution >= 4 is 11.9 Å². The van der Waals surface area contributed by atoms with Gasteiger partial charge in [0.2, 0.25) is 5.95 Å². The summed E-state index contributed by atoms with van der Waals surface area (Å²) in [7, 11) is 1.57. The molecule has 2 aromatic rings. The second-order valence-electron chi connectivity index (χ2n) is 6.69. The first kappa shape index (κ1) is 18.8. The highest BCUT2D eigenvalue weighted by Crippen LogP contribution is 2.36. The van der Waals surface area contributed by atoms with E-state index in [0.717, 1.165) is 17.7 Å². The van der Waals surface area contributed by atoms with E-state index in [1.165, 1.54) is 0 Å². The molecular formula is C19H24N4O4. The largest absolute Gasteiger partial charge is 0.496 e. The van der Waals surface area contributed by atoms with Crippen LogP contribution in [-0.2, 0) is 13.0 Å². The molecule has 3 rings (SSSR count). The molecule has 0 fully saturated rings. The predicted molar refractivity (Wildman–Crippen MR) is 100 cm³/mol. The van der Waals surface area contributed by atoms with Crippen molar-refractivity contribution in [3.05, 3.63) is 35.2 Å². The Morgan fingerprint density at radius 3 is 2.59 bits per heavy atom. The van der Waals surface area contributed by atoms with Gasteiger partial charge in [0.25, 0.3) is 5.91 Å². The monoisotopic (exact) mass is 372 g/mol. The molecule has 1 amide bonds. The number of nitrogens with two attached hydrogens (primary N) is 1. The number of hydrogen-bond donors (Lipinski definition) is 2. The van der Waals surface area contributed by atoms with Crippen molar-refractivity contribution < 1.29 is 19.0 Å². The van der Waals surface area contributed by atoms with Gasteiger partial charge in [0, 0.05) is 23.9 Å². The van der Waals surface area contributed by atoms with E-state index in [1.807, 2.05) is 6.07 Å². The molecular weight excluding hydrogens is 348 g/mol. The summed E-state index contributed by atoms with van der Waals surface area (Å²) in [5.74, 6) is 2.05. The topological polar surface area (TPSA) is 109 Å². The number of rotatable bonds is 6. The van der Waals surface area contributed by atoms with Crippen LogP contribution in [0.2, 0.25) is 0 Å². The summed E-state index contributed by atoms with van der Waals surface area (Å²) in [5, 5.41) is 2.84. The summed E-state index contributed by atoms with van der Waals surface area (Å²) in [6.45, 7) is 5.39. The van der Waals surface area contributed by atoms with Crippen molar-refractivity contribution in [2.75, 3.05) is 26.1 Å². The van der Waals surface area contributed by atoms with Crippen molar-refractivity contribution in [1.82, 2.24) is 15.3 Å². The third kappa shape index (κ3) is 4.58. The van der Waals surface area contributed by atoms with E-state index < -0.39 is 0 Å². The first-order chi connectivity index (χ1) is 13.0. The zero-order valence-electron chi connectivity index (χ0n) is 15.7. The van der Waals surface area contributed by atoms with Gasteiger partial charge in [-0.1, -0.05) is 13.8 Å². The summed E-state index contributed by atoms with van der Waals surface area (Å²) in [6.07, 6.45) is 0.725. The lowest BCUT2D eigenvalue weighted by Crippen LogP contribution is -2.25. The Morgan fingerprint density at radius 2 is 1.93 bits per heavy atom. The second kappa shape index (κ2) is 8.11. The summed E-state index contributed by atoms with van der Waals surface area (Å²) >= 11 is 0. The van der Waals surface area contributed by atoms with E-state index in [2.05, 4.69) is 29.1 Å². The van der Waals surface area contributed by atoms with Crippen molar-refractivity contribution in [1.29, 1.82) is 0 Å². The molecule has 8 heteroatoms. The standard InChI is InChI=1S/C19H24N4O4/c1-11(2)6-13-8-14(23-19(20)22-13)18(24)21-10-12-7-16-17(9-15(12)25-3)27-5-4-26-16/h7-9,11H,4-6,10H2,1-3H3,(H,21,24)(H2,20,22,23). The smallest absolute Gasteiger partial charge is 0.270 e. The summed E-state index contributed by atoms with van der Waals surface area (Å²) in [4.78, 5) is 20.8. The molecule has 1 aliphatic heterocycles. The van der Waals surface area contributed by atoms with Crippen LogP contribution in [0.4, 0.5) is 5.95 Å². The lowest BCUT2D eigenvalue weighted by molar-refractivity contribution is 0.0945. The van der Waals surface area contributed by atoms with Crippen LogP contribution in [0.3, 0.4) is 0 Å². The van der Waals surface area contributed by atoms with Gasteiger partial charge in [-0.15, -0.1) is 0 Å². The molecule has 0 saturated heterocycles. The highest BCUT2D eigenvalue weighted by atomic mass is 16.6. The number of benzene rings is 1. The van der Waals surface area contributed by atoms with E-state index in [0.29, 0.717) is 36.4 Å². The molecule has 0 radical (unpaired) electrons. The molecule has 1 aromatic carbocycles. The number of fused-ring (bicyclic) bond motifs is 1. The number of amides is 1. The fourth-order valence-electron chi connectivity index (χ4n) is 2.86. The molecule has 8 nitrogen and oxygen atoms in total. The van der Waals surface area contributed by atoms with Crippen LogP contribution in [0.5, 0.6) is 17.2 Å². The average molecular weight is 372 g/mol. The summed E-state index contributed by atoms with van der Waals surface area (Å²) in [6, 6.07) is 5.25. The maximum Gasteiger partial charge on any atom is 0.270 e. The molecule has 144 valence electrons. The SMILES string of the molecule is COc1cc2c(cc1CNC(=O)c1cc(CC(C)C)nc(N)n1)OCCO2. The lowest BCUT2D eigenvalue weighted by Gasteiger charge is -2.20. The number of ether oxygens (including phenoxy) is 3. The third-order valence-corrected chi connectivity index (χ3v) is 4.03. The zero-order chi connectivity index (χ0) is 19.4. The molecule has 0 atom stereocenters. The lowest BCUT2D eigenvalue weighted by atomic mass is 10.1. The Labute approximate surface area is 158 Å². The Bertz CT molecular complexity index is 839. The summed E-state index contributed by atoms with van der Waals surface area (Å²) < 4.78 is 16.5. The number of aromatic nitrogens is 2. The van der Waals surface area contributed by atoms with Gasteiger partial charge < -0.3 is 25.3 Å². The minimum absolute atomic E-state index is 0.0928. The number of nitrogens with zero attached hydrogens (tertiary/aromatic N) is 2. The molecule has 1 aromatic heterocycles. The molecule has 2 heterocycles. The normalized spacial score (nSPS) is 12.7. The van der Waals surface area contributed by atoms with Crippen molar-refractivity contribution in [3.63, 3.8) is 0 Å². The van der Waals surface area contributed by atoms with Crippen LogP contribution in [0.1, 0.15) is 35.6 Å². The quantitative estimate of drug-likeness (QED) is 0.798. The average Bonchev–Trinajstić information content (AvgIpc) is 2.64. The molecule has 0 spiro atoms. The highest BCUT2D eigenvalue weighted by Gasteiger charge is 2.18. The Kier molecular flexibility index (Phi) is 5.63. The number of carbonyl (C=O) groups excluding carboxylic acids is 1. The van der Waals surface area contributed by atoms with Crippen molar-refractivity contribution in [2.45, 2.75) is 26.8 Å². The number of anilines is 1. The molecule has 3 N–H and O–H groups in total. The van der Waals surface area contributed by atoms with Gasteiger partial charge in [0.1, 0.15) is 24.7 Å². The van der Waals surface area contributed by atoms with Crippen LogP contribution < -0.4 is 25.3 Å². The Hall–Kier alpha value is -3.03. The predicted octanol–water partition coefficient (Wildman–Crippen LogP) is 1.97. The van der Waals surface area contributed by atoms with E-state index in [-0.39, 0.29) is 24.1 Å². The van der Waals surface area contributed by atoms with Crippen LogP contribution in [-0.4, -0.2) is 36.2 Å². The van der Waals surface area contributed by atoms with E-state index in [9.17, 15) is 4.79 Å². The zero-order valence-corrected chi connectivity index (χ0v) is 15.7. The fourth-order valence-corrected chi connectivity index (χ4v) is 2.86. The van der Waals surface area contributed by atoms with E-state index >= 15 is 0 Å². The molecule has 0 unspecified atom stereocenters. The van der Waals surface area contributed by atoms with Gasteiger partial charge in [0.15, 0.2) is 11.5 Å². The van der Waals surface area contributed by atoms with Crippen LogP contribution in [0.25, 0.3) is 0 Å². The third-order valence-electron chi connectivity index (χ3n) is 4.03. The van der Waals surface area contributed by atoms with Gasteiger partial charge in [-0.3, -0.25) is 4.79 Å². The Balaban J connectivity index is 1.75. The molecule has 0 bridgehead atoms. The number of hydrogen-bond acceptors (Lipinski definition) is 7. The number of carbonyl (C=O) groups is 1. The Morgan fingerprint density at radius 1 is 1.22 bits per heavy atom. The molecule has 1 aliphatic rings. The van der Waals surface area contributed by atoms with E-state index in [1.54, 1.807) is 19.2 Å². The van der Waals surface area contributed by atoms with E-state index in [4.69, 9.17) is 19.9 Å². The fraction of sp³-hybridized carbons (Fsp3) is 0.421. The first-order valence-corrected chi connectivity index (χ1v) is 8.84. The van der Waals surface area contributed by atoms with Crippen LogP contribution in [0.15, 0.2) is 18.2 Å². The van der Waals surface area contributed by atoms with Gasteiger partial charge in [-0.25, -0.2) is 9.97 Å². The molecule has 0 saturated carbocycles. The van der Waals surface area contributed by atoms with Gasteiger partial charge in [-0.2, -0.15) is 0 Å². The van der Waals surface area contributed by atoms with Gasteiger partial charge in [-0.05, 0) is 24.5 Å². The number of nitrogen functional groups attached to an aromatic ring is 1. The van der Waals surface area contributed by atoms with Gasteiger partial charge in [0.05, 0.1) is 7.11 Å². The van der Waals surface area contributed by atoms with Crippen LogP contribution in [0, 0.1) is 5.92 Å².